The Kier molecular flexibility index (Phi) is 4.35. The second-order valence-electron chi connectivity index (χ2n) is 8.72. The zero-order chi connectivity index (χ0) is 22.2. The van der Waals surface area contributed by atoms with E-state index in [2.05, 4.69) is 11.4 Å². The summed E-state index contributed by atoms with van der Waals surface area (Å²) >= 11 is 0. The van der Waals surface area contributed by atoms with Gasteiger partial charge < -0.3 is 5.32 Å². The molecule has 5 rings (SSSR count). The fraction of sp³-hybridized carbons (Fsp3) is 0.364. The van der Waals surface area contributed by atoms with Gasteiger partial charge >= 0.3 is 0 Å². The van der Waals surface area contributed by atoms with E-state index in [0.29, 0.717) is 13.0 Å². The van der Waals surface area contributed by atoms with Crippen LogP contribution in [-0.4, -0.2) is 51.0 Å². The van der Waals surface area contributed by atoms with Crippen molar-refractivity contribution in [2.45, 2.75) is 36.7 Å². The van der Waals surface area contributed by atoms with Crippen LogP contribution in [0.25, 0.3) is 0 Å². The number of piperidine rings is 1. The molecule has 0 radical (unpaired) electrons. The van der Waals surface area contributed by atoms with Gasteiger partial charge in [-0.3, -0.25) is 4.31 Å². The Morgan fingerprint density at radius 3 is 2.35 bits per heavy atom. The van der Waals surface area contributed by atoms with Crippen LogP contribution in [-0.2, 0) is 25.5 Å². The molecular formula is C22H25N3O4S2. The number of fused-ring (bicyclic) bond motifs is 1. The highest BCUT2D eigenvalue weighted by Crippen LogP contribution is 2.55. The number of sulfonamides is 2. The van der Waals surface area contributed by atoms with Crippen molar-refractivity contribution in [3.8, 4) is 0 Å². The molecule has 2 aromatic carbocycles. The van der Waals surface area contributed by atoms with E-state index in [1.807, 2.05) is 26.0 Å². The van der Waals surface area contributed by atoms with E-state index in [1.165, 1.54) is 14.9 Å². The number of nitrogens with one attached hydrogen (secondary N) is 1. The molecule has 9 heteroatoms. The van der Waals surface area contributed by atoms with Crippen molar-refractivity contribution in [1.82, 2.24) is 8.61 Å². The molecule has 164 valence electrons. The van der Waals surface area contributed by atoms with Crippen molar-refractivity contribution in [2.24, 2.45) is 0 Å². The van der Waals surface area contributed by atoms with Crippen LogP contribution in [0.4, 0.5) is 5.69 Å². The van der Waals surface area contributed by atoms with Crippen LogP contribution in [0.15, 0.2) is 59.1 Å². The summed E-state index contributed by atoms with van der Waals surface area (Å²) in [6.07, 6.45) is 2.85. The van der Waals surface area contributed by atoms with Crippen molar-refractivity contribution in [1.29, 1.82) is 0 Å². The largest absolute Gasteiger partial charge is 0.363 e. The average molecular weight is 460 g/mol. The van der Waals surface area contributed by atoms with Crippen molar-refractivity contribution in [2.75, 3.05) is 24.7 Å². The molecule has 1 N–H and O–H groups in total. The van der Waals surface area contributed by atoms with Gasteiger partial charge in [-0.05, 0) is 49.6 Å². The maximum Gasteiger partial charge on any atom is 0.243 e. The highest BCUT2D eigenvalue weighted by atomic mass is 32.2. The molecule has 31 heavy (non-hydrogen) atoms. The lowest BCUT2D eigenvalue weighted by Gasteiger charge is -2.41. The molecule has 0 bridgehead atoms. The molecule has 0 unspecified atom stereocenters. The van der Waals surface area contributed by atoms with Crippen LogP contribution in [0, 0.1) is 13.8 Å². The summed E-state index contributed by atoms with van der Waals surface area (Å²) in [5.41, 5.74) is 4.27. The van der Waals surface area contributed by atoms with Crippen LogP contribution in [0.2, 0.25) is 0 Å². The molecule has 7 nitrogen and oxygen atoms in total. The smallest absolute Gasteiger partial charge is 0.243 e. The maximum absolute atomic E-state index is 13.3. The van der Waals surface area contributed by atoms with E-state index in [0.717, 1.165) is 28.0 Å². The van der Waals surface area contributed by atoms with Gasteiger partial charge in [-0.2, -0.15) is 4.31 Å². The molecule has 0 aromatic heterocycles. The molecule has 1 fully saturated rings. The van der Waals surface area contributed by atoms with Gasteiger partial charge in [0.1, 0.15) is 6.17 Å². The van der Waals surface area contributed by atoms with Crippen molar-refractivity contribution in [3.63, 3.8) is 0 Å². The minimum absolute atomic E-state index is 0.161. The van der Waals surface area contributed by atoms with Gasteiger partial charge in [-0.25, -0.2) is 16.8 Å². The summed E-state index contributed by atoms with van der Waals surface area (Å²) < 4.78 is 54.6. The first-order valence-corrected chi connectivity index (χ1v) is 13.5. The third-order valence-electron chi connectivity index (χ3n) is 6.67. The normalized spacial score (nSPS) is 25.5. The quantitative estimate of drug-likeness (QED) is 0.762. The monoisotopic (exact) mass is 459 g/mol. The standard InChI is InChI=1S/C22H25N3O4S2/c1-15-4-7-18(8-5-15)31(28,29)24-11-10-22-17(13-24)14-25(30(3,26)27)21(22)23-20-9-6-16(2)12-19(20)22/h4-9,12,14,21,23H,10-11,13H2,1-3H3/t21-,22-/m0/s1. The summed E-state index contributed by atoms with van der Waals surface area (Å²) in [6, 6.07) is 12.9. The van der Waals surface area contributed by atoms with Crippen molar-refractivity contribution >= 4 is 25.7 Å². The van der Waals surface area contributed by atoms with Crippen molar-refractivity contribution in [3.05, 3.63) is 70.9 Å². The lowest BCUT2D eigenvalue weighted by atomic mass is 9.71. The SMILES string of the molecule is Cc1ccc(S(=O)(=O)N2CC[C@@]34C(=CN(S(C)(=O)=O)[C@@H]3Nc3ccc(C)cc34)C2)cc1. The van der Waals surface area contributed by atoms with E-state index in [4.69, 9.17) is 0 Å². The van der Waals surface area contributed by atoms with Gasteiger partial charge in [0.05, 0.1) is 16.6 Å². The summed E-state index contributed by atoms with van der Waals surface area (Å²) in [4.78, 5) is 0.255. The fourth-order valence-electron chi connectivity index (χ4n) is 5.08. The fourth-order valence-corrected chi connectivity index (χ4v) is 7.43. The molecule has 2 aromatic rings. The predicted octanol–water partition coefficient (Wildman–Crippen LogP) is 2.55. The highest BCUT2D eigenvalue weighted by Gasteiger charge is 2.59. The Bertz CT molecular complexity index is 1320. The Labute approximate surface area is 183 Å². The molecule has 3 aliphatic heterocycles. The van der Waals surface area contributed by atoms with E-state index >= 15 is 0 Å². The predicted molar refractivity (Wildman–Crippen MR) is 120 cm³/mol. The van der Waals surface area contributed by atoms with E-state index in [-0.39, 0.29) is 11.4 Å². The number of nitrogens with zero attached hydrogens (tertiary/aromatic N) is 2. The molecule has 2 atom stereocenters. The second-order valence-corrected chi connectivity index (χ2v) is 12.5. The first kappa shape index (κ1) is 20.5. The number of hydrogen-bond acceptors (Lipinski definition) is 5. The van der Waals surface area contributed by atoms with E-state index < -0.39 is 31.6 Å². The number of benzene rings is 2. The zero-order valence-corrected chi connectivity index (χ0v) is 19.3. The van der Waals surface area contributed by atoms with Crippen LogP contribution in [0.5, 0.6) is 0 Å². The second kappa shape index (κ2) is 6.57. The number of hydrogen-bond donors (Lipinski definition) is 1. The molecule has 0 saturated carbocycles. The molecule has 0 aliphatic carbocycles. The lowest BCUT2D eigenvalue weighted by Crippen LogP contribution is -2.52. The number of rotatable bonds is 3. The van der Waals surface area contributed by atoms with Gasteiger partial charge in [0.25, 0.3) is 0 Å². The van der Waals surface area contributed by atoms with Gasteiger partial charge in [0.15, 0.2) is 0 Å². The van der Waals surface area contributed by atoms with Gasteiger partial charge in [-0.1, -0.05) is 35.4 Å². The first-order valence-electron chi connectivity index (χ1n) is 10.2. The third-order valence-corrected chi connectivity index (χ3v) is 9.61. The molecule has 3 aliphatic rings. The van der Waals surface area contributed by atoms with Crippen molar-refractivity contribution < 1.29 is 16.8 Å². The minimum Gasteiger partial charge on any atom is -0.363 e. The summed E-state index contributed by atoms with van der Waals surface area (Å²) in [6.45, 7) is 4.40. The summed E-state index contributed by atoms with van der Waals surface area (Å²) in [7, 11) is -7.22. The molecule has 1 saturated heterocycles. The van der Waals surface area contributed by atoms with Crippen LogP contribution in [0.3, 0.4) is 0 Å². The Hall–Kier alpha value is -2.36. The summed E-state index contributed by atoms with van der Waals surface area (Å²) in [5, 5.41) is 3.39. The maximum atomic E-state index is 13.3. The molecule has 1 spiro atoms. The van der Waals surface area contributed by atoms with Gasteiger partial charge in [0.2, 0.25) is 20.0 Å². The zero-order valence-electron chi connectivity index (χ0n) is 17.7. The van der Waals surface area contributed by atoms with Crippen LogP contribution < -0.4 is 5.32 Å². The van der Waals surface area contributed by atoms with E-state index in [1.54, 1.807) is 30.5 Å². The molecular weight excluding hydrogens is 434 g/mol. The Morgan fingerprint density at radius 1 is 1.00 bits per heavy atom. The van der Waals surface area contributed by atoms with E-state index in [9.17, 15) is 16.8 Å². The van der Waals surface area contributed by atoms with Crippen LogP contribution >= 0.6 is 0 Å². The summed E-state index contributed by atoms with van der Waals surface area (Å²) in [5.74, 6) is 0. The van der Waals surface area contributed by atoms with Gasteiger partial charge in [0, 0.05) is 25.0 Å². The molecule has 0 amide bonds. The highest BCUT2D eigenvalue weighted by molar-refractivity contribution is 7.89. The lowest BCUT2D eigenvalue weighted by molar-refractivity contribution is 0.269. The number of aryl methyl sites for hydroxylation is 2. The Morgan fingerprint density at radius 2 is 1.68 bits per heavy atom. The Balaban J connectivity index is 1.59. The average Bonchev–Trinajstić information content (AvgIpc) is 3.19. The topological polar surface area (TPSA) is 86.8 Å². The van der Waals surface area contributed by atoms with Crippen LogP contribution in [0.1, 0.15) is 23.1 Å². The minimum atomic E-state index is -3.68. The first-order chi connectivity index (χ1) is 14.5. The van der Waals surface area contributed by atoms with Gasteiger partial charge in [-0.15, -0.1) is 0 Å². The third kappa shape index (κ3) is 2.94. The number of anilines is 1. The molecule has 3 heterocycles.